The summed E-state index contributed by atoms with van der Waals surface area (Å²) in [6.07, 6.45) is 1.57. The number of carboxylic acid groups (broad SMARTS) is 1. The van der Waals surface area contributed by atoms with Crippen LogP contribution in [0.15, 0.2) is 36.9 Å². The monoisotopic (exact) mass is 580 g/mol. The molecule has 0 saturated heterocycles. The molecule has 0 saturated carbocycles. The highest BCUT2D eigenvalue weighted by Gasteiger charge is 2.17. The number of hydrogen-bond acceptors (Lipinski definition) is 5. The van der Waals surface area contributed by atoms with E-state index in [9.17, 15) is 14.7 Å². The molecule has 2 aromatic rings. The molecule has 2 N–H and O–H groups in total. The van der Waals surface area contributed by atoms with Gasteiger partial charge in [0.15, 0.2) is 0 Å². The summed E-state index contributed by atoms with van der Waals surface area (Å²) in [5.41, 5.74) is 0.962. The summed E-state index contributed by atoms with van der Waals surface area (Å²) in [6, 6.07) is 7.64. The van der Waals surface area contributed by atoms with Gasteiger partial charge in [0.1, 0.15) is 30.3 Å². The van der Waals surface area contributed by atoms with E-state index in [1.54, 1.807) is 18.2 Å². The van der Waals surface area contributed by atoms with Crippen LogP contribution < -0.4 is 4.74 Å². The molecule has 0 aliphatic heterocycles. The maximum absolute atomic E-state index is 12.1. The lowest BCUT2D eigenvalue weighted by Gasteiger charge is -2.11. The minimum atomic E-state index is -1.01. The van der Waals surface area contributed by atoms with Gasteiger partial charge in [-0.05, 0) is 81.1 Å². The van der Waals surface area contributed by atoms with E-state index in [1.165, 1.54) is 18.2 Å². The summed E-state index contributed by atoms with van der Waals surface area (Å²) in [4.78, 5) is 23.1. The lowest BCUT2D eigenvalue weighted by atomic mass is 10.1. The summed E-state index contributed by atoms with van der Waals surface area (Å²) in [6.45, 7) is 3.69. The van der Waals surface area contributed by atoms with Crippen LogP contribution in [-0.2, 0) is 4.74 Å². The van der Waals surface area contributed by atoms with Crippen molar-refractivity contribution in [2.75, 3.05) is 13.2 Å². The van der Waals surface area contributed by atoms with Crippen LogP contribution in [0, 0.1) is 7.14 Å². The van der Waals surface area contributed by atoms with Gasteiger partial charge in [0.2, 0.25) is 0 Å². The standard InChI is InChI=1S/C18H14I2O6/c1-2-10-7-13(20)16(14(21)8-10)18(24)26-6-5-25-15-4-3-11(17(22)23)9-12(15)19/h2-4,7-9,21H,1,5-6H2,(H,22,23). The molecular weight excluding hydrogens is 566 g/mol. The third-order valence-corrected chi connectivity index (χ3v) is 4.98. The van der Waals surface area contributed by atoms with E-state index < -0.39 is 11.9 Å². The fourth-order valence-electron chi connectivity index (χ4n) is 2.04. The lowest BCUT2D eigenvalue weighted by molar-refractivity contribution is 0.0445. The van der Waals surface area contributed by atoms with Gasteiger partial charge in [0.25, 0.3) is 0 Å². The Balaban J connectivity index is 1.93. The summed E-state index contributed by atoms with van der Waals surface area (Å²) in [5.74, 6) is -1.33. The topological polar surface area (TPSA) is 93.1 Å². The summed E-state index contributed by atoms with van der Waals surface area (Å²) in [5, 5.41) is 18.9. The number of aromatic hydroxyl groups is 1. The van der Waals surface area contributed by atoms with Gasteiger partial charge in [0.05, 0.1) is 9.13 Å². The van der Waals surface area contributed by atoms with Crippen LogP contribution in [0.4, 0.5) is 0 Å². The maximum Gasteiger partial charge on any atom is 0.343 e. The van der Waals surface area contributed by atoms with Gasteiger partial charge in [-0.15, -0.1) is 0 Å². The zero-order valence-electron chi connectivity index (χ0n) is 13.4. The number of phenolic OH excluding ortho intramolecular Hbond substituents is 1. The SMILES string of the molecule is C=Cc1cc(O)c(C(=O)OCCOc2ccc(C(=O)O)cc2I)c(I)c1. The molecule has 0 aromatic heterocycles. The number of hydrogen-bond donors (Lipinski definition) is 2. The minimum Gasteiger partial charge on any atom is -0.507 e. The van der Waals surface area contributed by atoms with Crippen LogP contribution in [0.25, 0.3) is 6.08 Å². The first kappa shape index (κ1) is 20.5. The molecule has 2 aromatic carbocycles. The van der Waals surface area contributed by atoms with E-state index in [1.807, 2.05) is 45.2 Å². The van der Waals surface area contributed by atoms with Crippen molar-refractivity contribution in [3.63, 3.8) is 0 Å². The molecule has 2 rings (SSSR count). The Morgan fingerprint density at radius 2 is 1.85 bits per heavy atom. The summed E-state index contributed by atoms with van der Waals surface area (Å²) >= 11 is 3.92. The van der Waals surface area contributed by atoms with Gasteiger partial charge < -0.3 is 19.7 Å². The molecule has 0 radical (unpaired) electrons. The number of ether oxygens (including phenoxy) is 2. The smallest absolute Gasteiger partial charge is 0.343 e. The average molecular weight is 580 g/mol. The first-order valence-corrected chi connectivity index (χ1v) is 9.47. The predicted molar refractivity (Wildman–Crippen MR) is 113 cm³/mol. The molecule has 26 heavy (non-hydrogen) atoms. The third-order valence-electron chi connectivity index (χ3n) is 3.28. The number of carbonyl (C=O) groups excluding carboxylic acids is 1. The fourth-order valence-corrected chi connectivity index (χ4v) is 3.57. The third kappa shape index (κ3) is 5.10. The lowest BCUT2D eigenvalue weighted by Crippen LogP contribution is -2.14. The zero-order chi connectivity index (χ0) is 19.3. The largest absolute Gasteiger partial charge is 0.507 e. The number of benzene rings is 2. The van der Waals surface area contributed by atoms with Gasteiger partial charge in [-0.25, -0.2) is 9.59 Å². The van der Waals surface area contributed by atoms with E-state index in [4.69, 9.17) is 14.6 Å². The molecule has 0 fully saturated rings. The minimum absolute atomic E-state index is 0.0195. The summed E-state index contributed by atoms with van der Waals surface area (Å²) < 4.78 is 11.8. The highest BCUT2D eigenvalue weighted by Crippen LogP contribution is 2.26. The molecule has 0 bridgehead atoms. The average Bonchev–Trinajstić information content (AvgIpc) is 2.58. The Morgan fingerprint density at radius 1 is 1.12 bits per heavy atom. The second-order valence-corrected chi connectivity index (χ2v) is 7.36. The number of esters is 1. The van der Waals surface area contributed by atoms with Crippen LogP contribution in [-0.4, -0.2) is 35.4 Å². The van der Waals surface area contributed by atoms with Crippen LogP contribution >= 0.6 is 45.2 Å². The van der Waals surface area contributed by atoms with Crippen molar-refractivity contribution >= 4 is 63.2 Å². The first-order chi connectivity index (χ1) is 12.3. The quantitative estimate of drug-likeness (QED) is 0.290. The van der Waals surface area contributed by atoms with Crippen LogP contribution in [0.1, 0.15) is 26.3 Å². The van der Waals surface area contributed by atoms with Gasteiger partial charge in [-0.1, -0.05) is 12.7 Å². The van der Waals surface area contributed by atoms with Crippen LogP contribution in [0.3, 0.4) is 0 Å². The van der Waals surface area contributed by atoms with Gasteiger partial charge in [-0.3, -0.25) is 0 Å². The fraction of sp³-hybridized carbons (Fsp3) is 0.111. The number of rotatable bonds is 7. The molecule has 136 valence electrons. The van der Waals surface area contributed by atoms with E-state index in [0.29, 0.717) is 18.5 Å². The van der Waals surface area contributed by atoms with Crippen LogP contribution in [0.5, 0.6) is 11.5 Å². The van der Waals surface area contributed by atoms with Crippen molar-refractivity contribution in [3.8, 4) is 11.5 Å². The molecule has 0 aliphatic rings. The van der Waals surface area contributed by atoms with Crippen molar-refractivity contribution in [1.82, 2.24) is 0 Å². The Kier molecular flexibility index (Phi) is 7.26. The van der Waals surface area contributed by atoms with E-state index in [2.05, 4.69) is 6.58 Å². The number of aromatic carboxylic acids is 1. The van der Waals surface area contributed by atoms with E-state index >= 15 is 0 Å². The second-order valence-electron chi connectivity index (χ2n) is 5.04. The van der Waals surface area contributed by atoms with Crippen LogP contribution in [0.2, 0.25) is 0 Å². The number of carboxylic acids is 1. The molecule has 0 amide bonds. The highest BCUT2D eigenvalue weighted by molar-refractivity contribution is 14.1. The maximum atomic E-state index is 12.1. The summed E-state index contributed by atoms with van der Waals surface area (Å²) in [7, 11) is 0. The predicted octanol–water partition coefficient (Wildman–Crippen LogP) is 4.18. The molecule has 0 heterocycles. The van der Waals surface area contributed by atoms with Gasteiger partial charge >= 0.3 is 11.9 Å². The van der Waals surface area contributed by atoms with Crippen molar-refractivity contribution < 1.29 is 29.3 Å². The first-order valence-electron chi connectivity index (χ1n) is 7.31. The van der Waals surface area contributed by atoms with Crippen molar-refractivity contribution in [2.24, 2.45) is 0 Å². The number of carbonyl (C=O) groups is 2. The normalized spacial score (nSPS) is 10.2. The highest BCUT2D eigenvalue weighted by atomic mass is 127. The molecule has 8 heteroatoms. The van der Waals surface area contributed by atoms with Gasteiger partial charge in [0, 0.05) is 3.57 Å². The zero-order valence-corrected chi connectivity index (χ0v) is 17.7. The Hall–Kier alpha value is -1.82. The second kappa shape index (κ2) is 9.21. The molecule has 0 unspecified atom stereocenters. The molecule has 6 nitrogen and oxygen atoms in total. The Bertz CT molecular complexity index is 840. The molecule has 0 aliphatic carbocycles. The molecular formula is C18H14I2O6. The molecule has 0 spiro atoms. The molecule has 0 atom stereocenters. The van der Waals surface area contributed by atoms with Gasteiger partial charge in [-0.2, -0.15) is 0 Å². The van der Waals surface area contributed by atoms with Crippen molar-refractivity contribution in [1.29, 1.82) is 0 Å². The Labute approximate surface area is 177 Å². The van der Waals surface area contributed by atoms with E-state index in [0.717, 1.165) is 0 Å². The Morgan fingerprint density at radius 3 is 2.42 bits per heavy atom. The van der Waals surface area contributed by atoms with E-state index in [-0.39, 0.29) is 30.1 Å². The number of phenols is 1. The number of halogens is 2. The van der Waals surface area contributed by atoms with Crippen molar-refractivity contribution in [3.05, 3.63) is 60.7 Å². The van der Waals surface area contributed by atoms with Crippen molar-refractivity contribution in [2.45, 2.75) is 0 Å².